The molecule has 2 heterocycles. The number of fused-ring (bicyclic) bond motifs is 2. The van der Waals surface area contributed by atoms with Gasteiger partial charge in [-0.2, -0.15) is 0 Å². The number of nitrogens with zero attached hydrogens (tertiary/aromatic N) is 3. The highest BCUT2D eigenvalue weighted by Crippen LogP contribution is 2.18. The number of hydrogen-bond donors (Lipinski definition) is 2. The lowest BCUT2D eigenvalue weighted by molar-refractivity contribution is -0.305. The molecule has 2 aromatic carbocycles. The molecule has 11 heteroatoms. The molecule has 0 aliphatic carbocycles. The molecule has 4 aromatic rings. The highest BCUT2D eigenvalue weighted by Gasteiger charge is 2.14. The number of rotatable bonds is 7. The quantitative estimate of drug-likeness (QED) is 0.386. The Morgan fingerprint density at radius 1 is 1.06 bits per heavy atom. The van der Waals surface area contributed by atoms with Crippen LogP contribution >= 0.6 is 0 Å². The number of H-pyrrole nitrogens is 1. The zero-order valence-electron chi connectivity index (χ0n) is 17.5. The predicted molar refractivity (Wildman–Crippen MR) is 117 cm³/mol. The lowest BCUT2D eigenvalue weighted by Gasteiger charge is -2.09. The molecule has 0 radical (unpaired) electrons. The Hall–Kier alpha value is -4.54. The normalized spacial score (nSPS) is 10.9. The minimum absolute atomic E-state index is 0.000106. The number of nitrogens with one attached hydrogen (secondary N) is 2. The molecule has 4 rings (SSSR count). The number of carbonyl (C=O) groups is 2. The summed E-state index contributed by atoms with van der Waals surface area (Å²) in [5.41, 5.74) is 0.0743. The number of benzene rings is 2. The van der Waals surface area contributed by atoms with E-state index in [0.717, 1.165) is 4.57 Å². The first kappa shape index (κ1) is 21.7. The van der Waals surface area contributed by atoms with Gasteiger partial charge in [0.05, 0.1) is 23.3 Å². The van der Waals surface area contributed by atoms with E-state index in [1.165, 1.54) is 6.07 Å². The van der Waals surface area contributed by atoms with Gasteiger partial charge in [0.1, 0.15) is 5.75 Å². The fourth-order valence-electron chi connectivity index (χ4n) is 3.26. The van der Waals surface area contributed by atoms with Crippen molar-refractivity contribution in [1.29, 1.82) is 0 Å². The van der Waals surface area contributed by atoms with Crippen molar-refractivity contribution >= 4 is 39.8 Å². The first-order valence-corrected chi connectivity index (χ1v) is 10.1. The number of aromatic nitrogens is 4. The summed E-state index contributed by atoms with van der Waals surface area (Å²) in [7, 11) is 0. The third-order valence-corrected chi connectivity index (χ3v) is 4.74. The van der Waals surface area contributed by atoms with E-state index in [1.54, 1.807) is 36.4 Å². The SMILES string of the molecule is CCOc1ccc(-n2c(=O)[nH]c3nc4cc(NC(=O)CCC(=O)[O-])ccc4nc3c2=O)cc1. The van der Waals surface area contributed by atoms with Gasteiger partial charge in [-0.3, -0.25) is 14.6 Å². The summed E-state index contributed by atoms with van der Waals surface area (Å²) in [6.07, 6.45) is -0.631. The first-order chi connectivity index (χ1) is 15.9. The van der Waals surface area contributed by atoms with Crippen LogP contribution in [0.5, 0.6) is 5.75 Å². The third-order valence-electron chi connectivity index (χ3n) is 4.74. The average Bonchev–Trinajstić information content (AvgIpc) is 2.78. The van der Waals surface area contributed by atoms with E-state index in [9.17, 15) is 24.3 Å². The zero-order chi connectivity index (χ0) is 23.5. The van der Waals surface area contributed by atoms with Crippen LogP contribution in [-0.4, -0.2) is 38.0 Å². The molecule has 0 unspecified atom stereocenters. The Labute approximate surface area is 185 Å². The zero-order valence-corrected chi connectivity index (χ0v) is 17.5. The number of carbonyl (C=O) groups excluding carboxylic acids is 2. The Balaban J connectivity index is 1.72. The van der Waals surface area contributed by atoms with Gasteiger partial charge in [0.25, 0.3) is 5.56 Å². The third kappa shape index (κ3) is 4.56. The number of carboxylic acids is 1. The highest BCUT2D eigenvalue weighted by atomic mass is 16.5. The number of aliphatic carboxylic acids is 1. The summed E-state index contributed by atoms with van der Waals surface area (Å²) in [6.45, 7) is 2.34. The van der Waals surface area contributed by atoms with E-state index >= 15 is 0 Å². The molecule has 0 aliphatic rings. The molecule has 33 heavy (non-hydrogen) atoms. The number of amides is 1. The van der Waals surface area contributed by atoms with Crippen LogP contribution in [-0.2, 0) is 9.59 Å². The standard InChI is InChI=1S/C22H19N5O6/c1-2-33-14-6-4-13(5-7-14)27-21(31)19-20(26-22(27)32)25-16-11-12(3-8-15(16)24-19)23-17(28)9-10-18(29)30/h3-8,11H,2,9-10H2,1H3,(H,23,28)(H,29,30)(H,25,26,32)/p-1. The van der Waals surface area contributed by atoms with Crippen LogP contribution in [0.3, 0.4) is 0 Å². The molecular weight excluding hydrogens is 430 g/mol. The Bertz CT molecular complexity index is 1490. The van der Waals surface area contributed by atoms with E-state index in [1.807, 2.05) is 6.92 Å². The van der Waals surface area contributed by atoms with Crippen molar-refractivity contribution in [2.75, 3.05) is 11.9 Å². The molecule has 168 valence electrons. The molecule has 0 saturated heterocycles. The maximum atomic E-state index is 13.0. The monoisotopic (exact) mass is 448 g/mol. The van der Waals surface area contributed by atoms with Crippen molar-refractivity contribution in [3.05, 3.63) is 63.3 Å². The van der Waals surface area contributed by atoms with Crippen LogP contribution in [0.15, 0.2) is 52.1 Å². The van der Waals surface area contributed by atoms with Crippen LogP contribution in [0.25, 0.3) is 27.9 Å². The average molecular weight is 448 g/mol. The van der Waals surface area contributed by atoms with Crippen molar-refractivity contribution in [1.82, 2.24) is 19.5 Å². The van der Waals surface area contributed by atoms with Gasteiger partial charge < -0.3 is 20.0 Å². The highest BCUT2D eigenvalue weighted by molar-refractivity contribution is 5.95. The van der Waals surface area contributed by atoms with Crippen LogP contribution in [0.1, 0.15) is 19.8 Å². The Kier molecular flexibility index (Phi) is 5.85. The van der Waals surface area contributed by atoms with Crippen molar-refractivity contribution < 1.29 is 19.4 Å². The van der Waals surface area contributed by atoms with Crippen molar-refractivity contribution in [3.63, 3.8) is 0 Å². The van der Waals surface area contributed by atoms with Gasteiger partial charge in [-0.25, -0.2) is 19.3 Å². The smallest absolute Gasteiger partial charge is 0.334 e. The molecule has 0 bridgehead atoms. The van der Waals surface area contributed by atoms with E-state index in [-0.39, 0.29) is 17.6 Å². The molecule has 11 nitrogen and oxygen atoms in total. The van der Waals surface area contributed by atoms with Crippen molar-refractivity contribution in [3.8, 4) is 11.4 Å². The second kappa shape index (κ2) is 8.91. The lowest BCUT2D eigenvalue weighted by Crippen LogP contribution is -2.34. The van der Waals surface area contributed by atoms with Gasteiger partial charge in [0.15, 0.2) is 11.2 Å². The molecular formula is C22H18N5O6-. The summed E-state index contributed by atoms with van der Waals surface area (Å²) >= 11 is 0. The maximum absolute atomic E-state index is 13.0. The minimum atomic E-state index is -1.32. The molecule has 1 amide bonds. The number of hydrogen-bond acceptors (Lipinski definition) is 8. The van der Waals surface area contributed by atoms with Crippen LogP contribution in [0, 0.1) is 0 Å². The summed E-state index contributed by atoms with van der Waals surface area (Å²) in [5.74, 6) is -1.21. The second-order valence-electron chi connectivity index (χ2n) is 7.04. The molecule has 0 spiro atoms. The number of aromatic amines is 1. The summed E-state index contributed by atoms with van der Waals surface area (Å²) in [4.78, 5) is 59.2. The number of carboxylic acid groups (broad SMARTS) is 1. The second-order valence-corrected chi connectivity index (χ2v) is 7.04. The van der Waals surface area contributed by atoms with Gasteiger partial charge in [0, 0.05) is 18.1 Å². The van der Waals surface area contributed by atoms with E-state index in [4.69, 9.17) is 4.74 Å². The Morgan fingerprint density at radius 2 is 1.82 bits per heavy atom. The van der Waals surface area contributed by atoms with Crippen molar-refractivity contribution in [2.24, 2.45) is 0 Å². The molecule has 2 N–H and O–H groups in total. The molecule has 0 fully saturated rings. The first-order valence-electron chi connectivity index (χ1n) is 10.1. The largest absolute Gasteiger partial charge is 0.550 e. The molecule has 0 aliphatic heterocycles. The van der Waals surface area contributed by atoms with Gasteiger partial charge in [-0.15, -0.1) is 0 Å². The maximum Gasteiger partial charge on any atom is 0.334 e. The minimum Gasteiger partial charge on any atom is -0.550 e. The van der Waals surface area contributed by atoms with Gasteiger partial charge >= 0.3 is 5.69 Å². The van der Waals surface area contributed by atoms with Crippen LogP contribution in [0.2, 0.25) is 0 Å². The van der Waals surface area contributed by atoms with Crippen LogP contribution in [0.4, 0.5) is 5.69 Å². The molecule has 0 saturated carbocycles. The molecule has 0 atom stereocenters. The van der Waals surface area contributed by atoms with Gasteiger partial charge in [0.2, 0.25) is 5.91 Å². The number of anilines is 1. The number of ether oxygens (including phenoxy) is 1. The van der Waals surface area contributed by atoms with Gasteiger partial charge in [-0.1, -0.05) is 0 Å². The fourth-order valence-corrected chi connectivity index (χ4v) is 3.26. The fraction of sp³-hybridized carbons (Fsp3) is 0.182. The topological polar surface area (TPSA) is 159 Å². The van der Waals surface area contributed by atoms with E-state index < -0.39 is 29.5 Å². The van der Waals surface area contributed by atoms with Crippen molar-refractivity contribution in [2.45, 2.75) is 19.8 Å². The summed E-state index contributed by atoms with van der Waals surface area (Å²) < 4.78 is 6.35. The molecule has 2 aromatic heterocycles. The lowest BCUT2D eigenvalue weighted by atomic mass is 10.2. The Morgan fingerprint density at radius 3 is 2.52 bits per heavy atom. The van der Waals surface area contributed by atoms with E-state index in [0.29, 0.717) is 34.8 Å². The summed E-state index contributed by atoms with van der Waals surface area (Å²) in [5, 5.41) is 13.1. The van der Waals surface area contributed by atoms with Gasteiger partial charge in [-0.05, 0) is 55.8 Å². The van der Waals surface area contributed by atoms with E-state index in [2.05, 4.69) is 20.3 Å². The predicted octanol–water partition coefficient (Wildman–Crippen LogP) is 0.489. The summed E-state index contributed by atoms with van der Waals surface area (Å²) in [6, 6.07) is 11.1. The van der Waals surface area contributed by atoms with Crippen LogP contribution < -0.4 is 26.4 Å².